The van der Waals surface area contributed by atoms with Gasteiger partial charge in [-0.1, -0.05) is 13.0 Å². The van der Waals surface area contributed by atoms with Crippen LogP contribution >= 0.6 is 0 Å². The molecule has 3 N–H and O–H groups in total. The highest BCUT2D eigenvalue weighted by Crippen LogP contribution is 2.27. The molecule has 0 aromatic heterocycles. The van der Waals surface area contributed by atoms with Crippen LogP contribution in [0.15, 0.2) is 18.2 Å². The molecule has 0 aliphatic heterocycles. The van der Waals surface area contributed by atoms with Gasteiger partial charge < -0.3 is 20.5 Å². The van der Waals surface area contributed by atoms with Gasteiger partial charge in [0.15, 0.2) is 0 Å². The first-order chi connectivity index (χ1) is 12.3. The number of aliphatic carboxylic acids is 1. The summed E-state index contributed by atoms with van der Waals surface area (Å²) in [7, 11) is 0. The van der Waals surface area contributed by atoms with Gasteiger partial charge in [-0.3, -0.25) is 9.69 Å². The highest BCUT2D eigenvalue weighted by molar-refractivity contribution is 5.89. The fraction of sp³-hybridized carbons (Fsp3) is 0.529. The molecule has 1 aliphatic carbocycles. The number of halogens is 2. The van der Waals surface area contributed by atoms with Gasteiger partial charge in [-0.25, -0.2) is 4.79 Å². The molecule has 9 heteroatoms. The van der Waals surface area contributed by atoms with Gasteiger partial charge in [0.05, 0.1) is 6.54 Å². The number of carbonyl (C=O) groups excluding carboxylic acids is 1. The zero-order chi connectivity index (χ0) is 19.3. The van der Waals surface area contributed by atoms with E-state index in [1.54, 1.807) is 19.1 Å². The van der Waals surface area contributed by atoms with Gasteiger partial charge in [0.1, 0.15) is 5.75 Å². The van der Waals surface area contributed by atoms with Gasteiger partial charge in [-0.15, -0.1) is 0 Å². The van der Waals surface area contributed by atoms with Crippen molar-refractivity contribution in [2.75, 3.05) is 18.4 Å². The number of aryl methyl sites for hydroxylation is 1. The van der Waals surface area contributed by atoms with Crippen LogP contribution in [0.1, 0.15) is 25.3 Å². The minimum atomic E-state index is -2.93. The predicted molar refractivity (Wildman–Crippen MR) is 91.7 cm³/mol. The third-order valence-electron chi connectivity index (χ3n) is 4.37. The van der Waals surface area contributed by atoms with Crippen molar-refractivity contribution < 1.29 is 28.2 Å². The largest absolute Gasteiger partial charge is 0.480 e. The lowest BCUT2D eigenvalue weighted by Crippen LogP contribution is -2.55. The van der Waals surface area contributed by atoms with Crippen molar-refractivity contribution in [2.45, 2.75) is 45.4 Å². The normalized spacial score (nSPS) is 19.2. The number of carboxylic acid groups (broad SMARTS) is 1. The number of anilines is 1. The molecule has 1 fully saturated rings. The van der Waals surface area contributed by atoms with Crippen LogP contribution in [0.3, 0.4) is 0 Å². The van der Waals surface area contributed by atoms with Crippen molar-refractivity contribution in [3.8, 4) is 5.75 Å². The fourth-order valence-corrected chi connectivity index (χ4v) is 2.93. The number of ether oxygens (including phenoxy) is 1. The van der Waals surface area contributed by atoms with Crippen LogP contribution in [0, 0.1) is 6.92 Å². The second-order valence-electron chi connectivity index (χ2n) is 6.24. The second kappa shape index (κ2) is 8.79. The maximum Gasteiger partial charge on any atom is 0.387 e. The van der Waals surface area contributed by atoms with E-state index in [1.165, 1.54) is 6.07 Å². The average molecular weight is 371 g/mol. The summed E-state index contributed by atoms with van der Waals surface area (Å²) in [4.78, 5) is 24.7. The van der Waals surface area contributed by atoms with E-state index in [1.807, 2.05) is 11.8 Å². The maximum absolute atomic E-state index is 12.4. The number of nitrogens with one attached hydrogen (secondary N) is 2. The summed E-state index contributed by atoms with van der Waals surface area (Å²) in [6, 6.07) is 4.16. The standard InChI is InChI=1S/C17H23F2N3O4/c1-3-22(9-15(23)24)13-6-12(7-13)21-17(25)20-11-5-4-10(2)14(8-11)26-16(18)19/h4-5,8,12-13,16H,3,6-7,9H2,1-2H3,(H,23,24)(H2,20,21,25). The molecule has 0 spiro atoms. The Hall–Kier alpha value is -2.42. The number of carbonyl (C=O) groups is 2. The van der Waals surface area contributed by atoms with E-state index < -0.39 is 18.6 Å². The lowest BCUT2D eigenvalue weighted by molar-refractivity contribution is -0.139. The Kier molecular flexibility index (Phi) is 6.73. The zero-order valence-electron chi connectivity index (χ0n) is 14.7. The van der Waals surface area contributed by atoms with Gasteiger partial charge in [-0.2, -0.15) is 8.78 Å². The number of hydrogen-bond donors (Lipinski definition) is 3. The number of alkyl halides is 2. The summed E-state index contributed by atoms with van der Waals surface area (Å²) in [6.45, 7) is 1.21. The number of likely N-dealkylation sites (N-methyl/N-ethyl adjacent to an activating group) is 1. The SMILES string of the molecule is CCN(CC(=O)O)C1CC(NC(=O)Nc2ccc(C)c(OC(F)F)c2)C1. The summed E-state index contributed by atoms with van der Waals surface area (Å²) in [6.07, 6.45) is 1.34. The number of hydrogen-bond acceptors (Lipinski definition) is 4. The number of benzene rings is 1. The van der Waals surface area contributed by atoms with E-state index >= 15 is 0 Å². The van der Waals surface area contributed by atoms with Gasteiger partial charge in [0.25, 0.3) is 0 Å². The smallest absolute Gasteiger partial charge is 0.387 e. The third kappa shape index (κ3) is 5.55. The van der Waals surface area contributed by atoms with Gasteiger partial charge >= 0.3 is 18.6 Å². The molecule has 0 saturated heterocycles. The minimum Gasteiger partial charge on any atom is -0.480 e. The molecule has 0 radical (unpaired) electrons. The molecule has 0 heterocycles. The van der Waals surface area contributed by atoms with Crippen molar-refractivity contribution in [3.63, 3.8) is 0 Å². The molecule has 1 aromatic rings. The molecule has 2 amide bonds. The summed E-state index contributed by atoms with van der Waals surface area (Å²) in [5.41, 5.74) is 0.886. The van der Waals surface area contributed by atoms with Crippen molar-refractivity contribution in [1.29, 1.82) is 0 Å². The van der Waals surface area contributed by atoms with Crippen molar-refractivity contribution in [3.05, 3.63) is 23.8 Å². The first-order valence-electron chi connectivity index (χ1n) is 8.37. The molecule has 26 heavy (non-hydrogen) atoms. The summed E-state index contributed by atoms with van der Waals surface area (Å²) >= 11 is 0. The summed E-state index contributed by atoms with van der Waals surface area (Å²) in [5.74, 6) is -0.865. The number of nitrogens with zero attached hydrogens (tertiary/aromatic N) is 1. The van der Waals surface area contributed by atoms with Crippen LogP contribution < -0.4 is 15.4 Å². The molecular weight excluding hydrogens is 348 g/mol. The Labute approximate surface area is 150 Å². The van der Waals surface area contributed by atoms with Crippen LogP contribution in [0.5, 0.6) is 5.75 Å². The van der Waals surface area contributed by atoms with Crippen LogP contribution in [-0.2, 0) is 4.79 Å². The molecule has 7 nitrogen and oxygen atoms in total. The van der Waals surface area contributed by atoms with E-state index in [4.69, 9.17) is 5.11 Å². The maximum atomic E-state index is 12.4. The molecule has 0 atom stereocenters. The predicted octanol–water partition coefficient (Wildman–Crippen LogP) is 2.66. The Bertz CT molecular complexity index is 651. The number of rotatable bonds is 8. The van der Waals surface area contributed by atoms with Gasteiger partial charge in [0.2, 0.25) is 0 Å². The molecule has 0 unspecified atom stereocenters. The van der Waals surface area contributed by atoms with Crippen LogP contribution in [-0.4, -0.2) is 53.8 Å². The number of amides is 2. The second-order valence-corrected chi connectivity index (χ2v) is 6.24. The number of carboxylic acids is 1. The molecule has 0 bridgehead atoms. The average Bonchev–Trinajstić information content (AvgIpc) is 2.51. The summed E-state index contributed by atoms with van der Waals surface area (Å²) < 4.78 is 29.1. The topological polar surface area (TPSA) is 90.9 Å². The van der Waals surface area contributed by atoms with Crippen LogP contribution in [0.4, 0.5) is 19.3 Å². The molecule has 144 valence electrons. The Morgan fingerprint density at radius 2 is 2.08 bits per heavy atom. The minimum absolute atomic E-state index is 0.00812. The first-order valence-corrected chi connectivity index (χ1v) is 8.37. The van der Waals surface area contributed by atoms with Gasteiger partial charge in [0, 0.05) is 23.8 Å². The number of urea groups is 1. The molecule has 1 saturated carbocycles. The van der Waals surface area contributed by atoms with Crippen molar-refractivity contribution in [2.24, 2.45) is 0 Å². The van der Waals surface area contributed by atoms with Crippen molar-refractivity contribution >= 4 is 17.7 Å². The Morgan fingerprint density at radius 3 is 2.65 bits per heavy atom. The lowest BCUT2D eigenvalue weighted by atomic mass is 9.85. The zero-order valence-corrected chi connectivity index (χ0v) is 14.7. The Morgan fingerprint density at radius 1 is 1.38 bits per heavy atom. The monoisotopic (exact) mass is 371 g/mol. The third-order valence-corrected chi connectivity index (χ3v) is 4.37. The van der Waals surface area contributed by atoms with Gasteiger partial charge in [-0.05, 0) is 37.9 Å². The van der Waals surface area contributed by atoms with E-state index in [0.29, 0.717) is 30.6 Å². The summed E-state index contributed by atoms with van der Waals surface area (Å²) in [5, 5.41) is 14.3. The van der Waals surface area contributed by atoms with E-state index in [9.17, 15) is 18.4 Å². The molecule has 2 rings (SSSR count). The molecular formula is C17H23F2N3O4. The first kappa shape index (κ1) is 19.9. The van der Waals surface area contributed by atoms with Crippen LogP contribution in [0.2, 0.25) is 0 Å². The Balaban J connectivity index is 1.82. The molecule has 1 aliphatic rings. The fourth-order valence-electron chi connectivity index (χ4n) is 2.93. The lowest BCUT2D eigenvalue weighted by Gasteiger charge is -2.42. The van der Waals surface area contributed by atoms with Crippen LogP contribution in [0.25, 0.3) is 0 Å². The van der Waals surface area contributed by atoms with E-state index in [2.05, 4.69) is 15.4 Å². The van der Waals surface area contributed by atoms with Crippen molar-refractivity contribution in [1.82, 2.24) is 10.2 Å². The molecule has 1 aromatic carbocycles. The highest BCUT2D eigenvalue weighted by atomic mass is 19.3. The quantitative estimate of drug-likeness (QED) is 0.654. The van der Waals surface area contributed by atoms with E-state index in [0.717, 1.165) is 0 Å². The highest BCUT2D eigenvalue weighted by Gasteiger charge is 2.34. The van der Waals surface area contributed by atoms with E-state index in [-0.39, 0.29) is 24.4 Å².